The largest absolute Gasteiger partial charge is 0.523 e. The molecule has 0 saturated carbocycles. The minimum atomic E-state index is -6.45. The molecular formula is C49H38F4N4O7S. The van der Waals surface area contributed by atoms with Gasteiger partial charge in [-0.3, -0.25) is 18.5 Å². The number of nitrogens with one attached hydrogen (secondary N) is 1. The van der Waals surface area contributed by atoms with Crippen LogP contribution in [0.3, 0.4) is 0 Å². The standard InChI is InChI=1S/C49H38F4N4O7S/c50-46-55-43-40(44(58)56-46)54-32-57(43)45-42(64-65(59,60)49(51,52)53)41(63-48(36-25-13-4-14-26-36,37-27-15-5-16-28-37)38-29-17-6-18-30-38)39(62-45)31-61-47(33-19-7-1-8-20-33,34-21-9-2-10-22-34)35-23-11-3-12-24-35/h1-30,32,39,41-42,45H,31H2,(H,55,56,58)/t39-,41-,42-,45-/m1/s1. The molecule has 0 radical (unpaired) electrons. The molecule has 65 heavy (non-hydrogen) atoms. The number of hydrogen-bond donors (Lipinski definition) is 1. The van der Waals surface area contributed by atoms with Gasteiger partial charge in [-0.2, -0.15) is 31.0 Å². The number of ether oxygens (including phenoxy) is 3. The molecule has 9 rings (SSSR count). The van der Waals surface area contributed by atoms with Crippen molar-refractivity contribution in [1.29, 1.82) is 0 Å². The third-order valence-corrected chi connectivity index (χ3v) is 12.4. The van der Waals surface area contributed by atoms with E-state index in [-0.39, 0.29) is 0 Å². The number of nitrogens with zero attached hydrogens (tertiary/aromatic N) is 3. The van der Waals surface area contributed by atoms with Gasteiger partial charge in [-0.15, -0.1) is 0 Å². The Kier molecular flexibility index (Phi) is 11.8. The molecule has 4 atom stereocenters. The highest BCUT2D eigenvalue weighted by Gasteiger charge is 2.58. The van der Waals surface area contributed by atoms with Crippen molar-refractivity contribution in [2.75, 3.05) is 6.61 Å². The second-order valence-electron chi connectivity index (χ2n) is 15.2. The van der Waals surface area contributed by atoms with E-state index in [1.54, 1.807) is 91.0 Å². The van der Waals surface area contributed by atoms with Crippen molar-refractivity contribution in [3.8, 4) is 0 Å². The van der Waals surface area contributed by atoms with Crippen molar-refractivity contribution in [2.45, 2.75) is 41.3 Å². The number of aromatic amines is 1. The molecule has 330 valence electrons. The number of imidazole rings is 1. The fourth-order valence-corrected chi connectivity index (χ4v) is 9.11. The maximum Gasteiger partial charge on any atom is 0.523 e. The molecular weight excluding hydrogens is 865 g/mol. The van der Waals surface area contributed by atoms with E-state index >= 15 is 0 Å². The number of halogens is 4. The Morgan fingerprint density at radius 1 is 0.615 bits per heavy atom. The molecule has 1 aliphatic rings. The zero-order chi connectivity index (χ0) is 45.2. The van der Waals surface area contributed by atoms with E-state index in [0.29, 0.717) is 33.4 Å². The molecule has 1 aliphatic heterocycles. The van der Waals surface area contributed by atoms with Crippen LogP contribution in [-0.4, -0.2) is 58.4 Å². The Labute approximate surface area is 370 Å². The Morgan fingerprint density at radius 2 is 1.02 bits per heavy atom. The first-order chi connectivity index (χ1) is 31.4. The number of aromatic nitrogens is 4. The van der Waals surface area contributed by atoms with Crippen LogP contribution in [0.25, 0.3) is 11.2 Å². The predicted octanol–water partition coefficient (Wildman–Crippen LogP) is 8.78. The Hall–Kier alpha value is -6.82. The minimum absolute atomic E-state index is 0.409. The lowest BCUT2D eigenvalue weighted by molar-refractivity contribution is -0.131. The van der Waals surface area contributed by atoms with Gasteiger partial charge in [0.2, 0.25) is 0 Å². The van der Waals surface area contributed by atoms with Gasteiger partial charge in [-0.25, -0.2) is 4.98 Å². The molecule has 16 heteroatoms. The molecule has 1 fully saturated rings. The van der Waals surface area contributed by atoms with E-state index in [1.807, 2.05) is 96.0 Å². The zero-order valence-corrected chi connectivity index (χ0v) is 34.9. The predicted molar refractivity (Wildman–Crippen MR) is 231 cm³/mol. The van der Waals surface area contributed by atoms with Crippen LogP contribution < -0.4 is 5.56 Å². The molecule has 0 unspecified atom stereocenters. The molecule has 1 N–H and O–H groups in total. The summed E-state index contributed by atoms with van der Waals surface area (Å²) in [6.45, 7) is -0.491. The van der Waals surface area contributed by atoms with Crippen LogP contribution in [0, 0.1) is 6.08 Å². The maximum absolute atomic E-state index is 14.9. The molecule has 6 aromatic carbocycles. The smallest absolute Gasteiger partial charge is 0.358 e. The molecule has 3 heterocycles. The van der Waals surface area contributed by atoms with E-state index in [0.717, 1.165) is 10.9 Å². The fraction of sp³-hybridized carbons (Fsp3) is 0.163. The van der Waals surface area contributed by atoms with Crippen LogP contribution in [0.4, 0.5) is 17.6 Å². The first-order valence-electron chi connectivity index (χ1n) is 20.3. The van der Waals surface area contributed by atoms with Crippen molar-refractivity contribution in [1.82, 2.24) is 19.5 Å². The normalized spacial score (nSPS) is 18.2. The van der Waals surface area contributed by atoms with Crippen molar-refractivity contribution >= 4 is 21.3 Å². The van der Waals surface area contributed by atoms with Gasteiger partial charge >= 0.3 is 15.6 Å². The van der Waals surface area contributed by atoms with Crippen LogP contribution in [0.1, 0.15) is 39.6 Å². The van der Waals surface area contributed by atoms with Crippen LogP contribution in [-0.2, 0) is 39.7 Å². The first kappa shape index (κ1) is 43.4. The average Bonchev–Trinajstić information content (AvgIpc) is 3.90. The van der Waals surface area contributed by atoms with Gasteiger partial charge in [0, 0.05) is 0 Å². The monoisotopic (exact) mass is 902 g/mol. The van der Waals surface area contributed by atoms with Gasteiger partial charge in [0.05, 0.1) is 12.9 Å². The summed E-state index contributed by atoms with van der Waals surface area (Å²) in [5.74, 6) is 0. The van der Waals surface area contributed by atoms with Gasteiger partial charge in [-0.05, 0) is 33.4 Å². The maximum atomic E-state index is 14.9. The summed E-state index contributed by atoms with van der Waals surface area (Å²) in [4.78, 5) is 22.7. The van der Waals surface area contributed by atoms with Crippen LogP contribution in [0.15, 0.2) is 193 Å². The highest BCUT2D eigenvalue weighted by molar-refractivity contribution is 7.87. The molecule has 2 aromatic heterocycles. The summed E-state index contributed by atoms with van der Waals surface area (Å²) in [7, 11) is -6.45. The SMILES string of the molecule is O=c1[nH]c(F)nc2c1ncn2[C@@H]1O[C@H](COC(c2ccccc2)(c2ccccc2)c2ccccc2)[C@@H](OC(c2ccccc2)(c2ccccc2)c2ccccc2)[C@H]1OS(=O)(=O)C(F)(F)F. The molecule has 0 aliphatic carbocycles. The number of benzene rings is 6. The third kappa shape index (κ3) is 8.04. The highest BCUT2D eigenvalue weighted by atomic mass is 32.2. The lowest BCUT2D eigenvalue weighted by atomic mass is 9.79. The van der Waals surface area contributed by atoms with Crippen molar-refractivity contribution in [3.05, 3.63) is 238 Å². The minimum Gasteiger partial charge on any atom is -0.358 e. The van der Waals surface area contributed by atoms with Gasteiger partial charge < -0.3 is 14.2 Å². The summed E-state index contributed by atoms with van der Waals surface area (Å²) < 4.78 is 113. The van der Waals surface area contributed by atoms with E-state index in [2.05, 4.69) is 9.97 Å². The van der Waals surface area contributed by atoms with E-state index in [1.165, 1.54) is 0 Å². The fourth-order valence-electron chi connectivity index (χ4n) is 8.50. The lowest BCUT2D eigenvalue weighted by Gasteiger charge is -2.41. The molecule has 8 aromatic rings. The summed E-state index contributed by atoms with van der Waals surface area (Å²) in [5, 5.41) is 0. The van der Waals surface area contributed by atoms with Gasteiger partial charge in [0.1, 0.15) is 23.4 Å². The van der Waals surface area contributed by atoms with Gasteiger partial charge in [-0.1, -0.05) is 182 Å². The number of alkyl halides is 3. The van der Waals surface area contributed by atoms with Crippen LogP contribution in [0.5, 0.6) is 0 Å². The van der Waals surface area contributed by atoms with Crippen molar-refractivity contribution in [3.63, 3.8) is 0 Å². The first-order valence-corrected chi connectivity index (χ1v) is 21.8. The molecule has 11 nitrogen and oxygen atoms in total. The number of fused-ring (bicyclic) bond motifs is 1. The highest BCUT2D eigenvalue weighted by Crippen LogP contribution is 2.48. The van der Waals surface area contributed by atoms with E-state index in [9.17, 15) is 30.8 Å². The number of H-pyrrole nitrogens is 1. The molecule has 0 spiro atoms. The quantitative estimate of drug-likeness (QED) is 0.0374. The Morgan fingerprint density at radius 3 is 1.42 bits per heavy atom. The van der Waals surface area contributed by atoms with E-state index < -0.39 is 80.8 Å². The van der Waals surface area contributed by atoms with Gasteiger partial charge in [0.15, 0.2) is 23.5 Å². The second kappa shape index (κ2) is 17.6. The summed E-state index contributed by atoms with van der Waals surface area (Å²) in [5.41, 5.74) is -7.40. The third-order valence-electron chi connectivity index (χ3n) is 11.3. The Bertz CT molecular complexity index is 2850. The summed E-state index contributed by atoms with van der Waals surface area (Å²) in [6.07, 6.45) is -7.79. The summed E-state index contributed by atoms with van der Waals surface area (Å²) in [6, 6.07) is 54.3. The second-order valence-corrected chi connectivity index (χ2v) is 16.7. The number of rotatable bonds is 14. The lowest BCUT2D eigenvalue weighted by Crippen LogP contribution is -2.48. The van der Waals surface area contributed by atoms with Crippen molar-refractivity contribution in [2.24, 2.45) is 0 Å². The topological polar surface area (TPSA) is 135 Å². The van der Waals surface area contributed by atoms with Crippen molar-refractivity contribution < 1.29 is 44.4 Å². The zero-order valence-electron chi connectivity index (χ0n) is 34.0. The molecule has 1 saturated heterocycles. The average molecular weight is 903 g/mol. The van der Waals surface area contributed by atoms with E-state index in [4.69, 9.17) is 18.4 Å². The van der Waals surface area contributed by atoms with Gasteiger partial charge in [0.25, 0.3) is 11.6 Å². The number of hydrogen-bond acceptors (Lipinski definition) is 9. The molecule has 0 amide bonds. The van der Waals surface area contributed by atoms with Crippen LogP contribution >= 0.6 is 0 Å². The van der Waals surface area contributed by atoms with Crippen LogP contribution in [0.2, 0.25) is 0 Å². The Balaban J connectivity index is 1.29. The summed E-state index contributed by atoms with van der Waals surface area (Å²) >= 11 is 0. The molecule has 0 bridgehead atoms.